The summed E-state index contributed by atoms with van der Waals surface area (Å²) in [5.74, 6) is -6.55. The fourth-order valence-electron chi connectivity index (χ4n) is 6.19. The minimum atomic E-state index is -2.65. The zero-order chi connectivity index (χ0) is 28.4. The molecule has 1 saturated carbocycles. The Morgan fingerprint density at radius 1 is 1.18 bits per heavy atom. The molecule has 206 valence electrons. The molecule has 0 radical (unpaired) electrons. The molecule has 4 atom stereocenters. The van der Waals surface area contributed by atoms with Crippen LogP contribution in [0.3, 0.4) is 0 Å². The smallest absolute Gasteiger partial charge is 0.255 e. The molecule has 3 aliphatic rings. The van der Waals surface area contributed by atoms with Crippen LogP contribution >= 0.6 is 0 Å². The maximum Gasteiger partial charge on any atom is 0.255 e. The topological polar surface area (TPSA) is 177 Å². The summed E-state index contributed by atoms with van der Waals surface area (Å²) in [6.07, 6.45) is 0.295. The van der Waals surface area contributed by atoms with E-state index in [4.69, 9.17) is 5.73 Å². The van der Waals surface area contributed by atoms with E-state index in [-0.39, 0.29) is 35.8 Å². The molecule has 1 aromatic rings. The van der Waals surface area contributed by atoms with Gasteiger partial charge in [-0.2, -0.15) is 0 Å². The van der Waals surface area contributed by atoms with E-state index in [1.165, 1.54) is 4.90 Å². The van der Waals surface area contributed by atoms with Crippen LogP contribution in [0.1, 0.15) is 37.0 Å². The Morgan fingerprint density at radius 3 is 2.34 bits per heavy atom. The number of ketones is 2. The number of rotatable bonds is 6. The second kappa shape index (κ2) is 9.40. The van der Waals surface area contributed by atoms with E-state index < -0.39 is 58.0 Å². The SMILES string of the molecule is CC(C)NCc1cc(N(C)C)c2c(c1O)C(O)=C1C(=O)[C@]3(O)C(O)=C(C(N)=O)C(=O)[C@H](N(C)C)[C@@H]3C[C@@H]1C2. The number of nitrogens with zero attached hydrogens (tertiary/aromatic N) is 2. The number of phenols is 1. The first kappa shape index (κ1) is 27.6. The minimum absolute atomic E-state index is 0.0516. The van der Waals surface area contributed by atoms with Crippen LogP contribution in [0.25, 0.3) is 5.76 Å². The summed E-state index contributed by atoms with van der Waals surface area (Å²) in [5, 5.41) is 48.6. The molecule has 1 aromatic carbocycles. The van der Waals surface area contributed by atoms with Gasteiger partial charge in [-0.15, -0.1) is 0 Å². The van der Waals surface area contributed by atoms with Gasteiger partial charge in [-0.3, -0.25) is 19.3 Å². The molecule has 1 amide bonds. The van der Waals surface area contributed by atoms with Gasteiger partial charge in [0.25, 0.3) is 5.91 Å². The fourth-order valence-corrected chi connectivity index (χ4v) is 6.19. The summed E-state index contributed by atoms with van der Waals surface area (Å²) in [6, 6.07) is 0.852. The number of nitrogens with one attached hydrogen (secondary N) is 1. The molecule has 0 aromatic heterocycles. The summed E-state index contributed by atoms with van der Waals surface area (Å²) in [7, 11) is 6.82. The summed E-state index contributed by atoms with van der Waals surface area (Å²) < 4.78 is 0. The molecule has 3 aliphatic carbocycles. The van der Waals surface area contributed by atoms with Crippen molar-refractivity contribution in [2.45, 2.75) is 50.9 Å². The van der Waals surface area contributed by atoms with Gasteiger partial charge in [0.05, 0.1) is 11.6 Å². The van der Waals surface area contributed by atoms with Gasteiger partial charge in [0.2, 0.25) is 5.78 Å². The van der Waals surface area contributed by atoms with Gasteiger partial charge >= 0.3 is 0 Å². The van der Waals surface area contributed by atoms with Crippen molar-refractivity contribution in [1.29, 1.82) is 0 Å². The molecule has 0 saturated heterocycles. The van der Waals surface area contributed by atoms with Crippen molar-refractivity contribution in [1.82, 2.24) is 10.2 Å². The molecule has 11 nitrogen and oxygen atoms in total. The van der Waals surface area contributed by atoms with Crippen LogP contribution in [0.2, 0.25) is 0 Å². The fraction of sp³-hybridized carbons (Fsp3) is 0.519. The summed E-state index contributed by atoms with van der Waals surface area (Å²) in [6.45, 7) is 4.22. The second-order valence-electron chi connectivity index (χ2n) is 11.1. The first-order valence-corrected chi connectivity index (χ1v) is 12.6. The van der Waals surface area contributed by atoms with Crippen LogP contribution < -0.4 is 16.0 Å². The summed E-state index contributed by atoms with van der Waals surface area (Å²) in [4.78, 5) is 42.6. The number of hydrogen-bond acceptors (Lipinski definition) is 10. The third kappa shape index (κ3) is 3.88. The summed E-state index contributed by atoms with van der Waals surface area (Å²) >= 11 is 0. The number of Topliss-reactive ketones (excluding diaryl/α,β-unsaturated/α-hetero) is 2. The highest BCUT2D eigenvalue weighted by Gasteiger charge is 2.64. The van der Waals surface area contributed by atoms with E-state index in [1.807, 2.05) is 38.9 Å². The number of fused-ring (bicyclic) bond motifs is 3. The van der Waals surface area contributed by atoms with Gasteiger partial charge in [-0.05, 0) is 44.5 Å². The van der Waals surface area contributed by atoms with Gasteiger partial charge in [-0.1, -0.05) is 13.8 Å². The Morgan fingerprint density at radius 2 is 1.82 bits per heavy atom. The highest BCUT2D eigenvalue weighted by molar-refractivity contribution is 6.24. The molecule has 7 N–H and O–H groups in total. The van der Waals surface area contributed by atoms with Crippen LogP contribution in [-0.2, 0) is 27.3 Å². The molecule has 11 heteroatoms. The van der Waals surface area contributed by atoms with Gasteiger partial charge in [0.15, 0.2) is 11.4 Å². The number of aliphatic hydroxyl groups excluding tert-OH is 2. The number of carbonyl (C=O) groups excluding carboxylic acids is 3. The number of aromatic hydroxyl groups is 1. The third-order valence-electron chi connectivity index (χ3n) is 7.96. The molecule has 0 heterocycles. The molecular weight excluding hydrogens is 492 g/mol. The Bertz CT molecular complexity index is 1300. The van der Waals surface area contributed by atoms with Crippen LogP contribution in [-0.4, -0.2) is 88.7 Å². The lowest BCUT2D eigenvalue weighted by molar-refractivity contribution is -0.153. The zero-order valence-electron chi connectivity index (χ0n) is 22.5. The number of phenolic OH excluding ortho intramolecular Hbond substituents is 1. The molecular formula is C27H36N4O7. The number of primary amides is 1. The Balaban J connectivity index is 1.97. The number of aliphatic hydroxyl groups is 3. The Labute approximate surface area is 221 Å². The number of likely N-dealkylation sites (N-methyl/N-ethyl adjacent to an activating group) is 1. The molecule has 1 fully saturated rings. The lowest BCUT2D eigenvalue weighted by Gasteiger charge is -2.50. The van der Waals surface area contributed by atoms with Crippen molar-refractivity contribution in [2.24, 2.45) is 17.6 Å². The third-order valence-corrected chi connectivity index (χ3v) is 7.96. The number of amides is 1. The van der Waals surface area contributed by atoms with Crippen LogP contribution in [0.15, 0.2) is 23.0 Å². The van der Waals surface area contributed by atoms with Gasteiger partial charge in [0.1, 0.15) is 22.8 Å². The standard InChI is InChI=1S/C27H36N4O7/c1-11(2)29-10-13-9-16(30(3)4)14-7-12-8-15-20(31(5)6)23(34)19(26(28)37)25(36)27(15,38)24(35)17(12)22(33)18(14)21(13)32/h9,11-12,15,20,29,32-33,36,38H,7-8,10H2,1-6H3,(H2,28,37)/t12-,15-,20+,27-/m0/s1. The number of hydrogen-bond donors (Lipinski definition) is 6. The van der Waals surface area contributed by atoms with Crippen molar-refractivity contribution in [3.05, 3.63) is 39.7 Å². The number of nitrogens with two attached hydrogens (primary N) is 1. The van der Waals surface area contributed by atoms with Crippen molar-refractivity contribution in [2.75, 3.05) is 33.1 Å². The molecule has 0 unspecified atom stereocenters. The highest BCUT2D eigenvalue weighted by atomic mass is 16.3. The van der Waals surface area contributed by atoms with E-state index in [1.54, 1.807) is 14.1 Å². The van der Waals surface area contributed by atoms with Gasteiger partial charge < -0.3 is 36.4 Å². The van der Waals surface area contributed by atoms with Crippen LogP contribution in [0, 0.1) is 11.8 Å². The Kier molecular flexibility index (Phi) is 6.84. The van der Waals surface area contributed by atoms with Gasteiger partial charge in [-0.25, -0.2) is 0 Å². The van der Waals surface area contributed by atoms with E-state index in [0.717, 1.165) is 5.69 Å². The number of anilines is 1. The highest BCUT2D eigenvalue weighted by Crippen LogP contribution is 2.54. The van der Waals surface area contributed by atoms with E-state index >= 15 is 0 Å². The molecule has 38 heavy (non-hydrogen) atoms. The predicted molar refractivity (Wildman–Crippen MR) is 141 cm³/mol. The first-order valence-electron chi connectivity index (χ1n) is 12.6. The largest absolute Gasteiger partial charge is 0.508 e. The molecule has 4 rings (SSSR count). The monoisotopic (exact) mass is 528 g/mol. The lowest BCUT2D eigenvalue weighted by atomic mass is 9.57. The molecule has 0 spiro atoms. The molecule has 0 bridgehead atoms. The predicted octanol–water partition coefficient (Wildman–Crippen LogP) is 0.528. The van der Waals surface area contributed by atoms with Crippen molar-refractivity contribution in [3.63, 3.8) is 0 Å². The summed E-state index contributed by atoms with van der Waals surface area (Å²) in [5.41, 5.74) is 3.71. The maximum absolute atomic E-state index is 14.0. The van der Waals surface area contributed by atoms with E-state index in [9.17, 15) is 34.8 Å². The van der Waals surface area contributed by atoms with Crippen LogP contribution in [0.5, 0.6) is 5.75 Å². The van der Waals surface area contributed by atoms with Crippen molar-refractivity contribution in [3.8, 4) is 5.75 Å². The average molecular weight is 529 g/mol. The van der Waals surface area contributed by atoms with E-state index in [2.05, 4.69) is 5.32 Å². The van der Waals surface area contributed by atoms with Crippen LogP contribution in [0.4, 0.5) is 5.69 Å². The van der Waals surface area contributed by atoms with Crippen molar-refractivity contribution < 1.29 is 34.8 Å². The Hall–Kier alpha value is -3.41. The maximum atomic E-state index is 14.0. The quantitative estimate of drug-likeness (QED) is 0.286. The molecule has 0 aliphatic heterocycles. The first-order chi connectivity index (χ1) is 17.6. The second-order valence-corrected chi connectivity index (χ2v) is 11.1. The lowest BCUT2D eigenvalue weighted by Crippen LogP contribution is -2.65. The number of carbonyl (C=O) groups is 3. The number of benzene rings is 1. The normalized spacial score (nSPS) is 27.0. The van der Waals surface area contributed by atoms with Gasteiger partial charge in [0, 0.05) is 49.4 Å². The minimum Gasteiger partial charge on any atom is -0.508 e. The van der Waals surface area contributed by atoms with E-state index in [0.29, 0.717) is 17.7 Å². The average Bonchev–Trinajstić information content (AvgIpc) is 2.80. The van der Waals surface area contributed by atoms with Crippen molar-refractivity contribution >= 4 is 28.9 Å². The zero-order valence-corrected chi connectivity index (χ0v) is 22.5.